The summed E-state index contributed by atoms with van der Waals surface area (Å²) in [4.78, 5) is 4.45. The van der Waals surface area contributed by atoms with Crippen molar-refractivity contribution in [2.45, 2.75) is 12.1 Å². The second-order valence-corrected chi connectivity index (χ2v) is 5.95. The molecule has 6 nitrogen and oxygen atoms in total. The predicted molar refractivity (Wildman–Crippen MR) is 92.7 cm³/mol. The molecule has 0 spiro atoms. The van der Waals surface area contributed by atoms with E-state index in [1.165, 1.54) is 0 Å². The minimum atomic E-state index is -0.202. The lowest BCUT2D eigenvalue weighted by Crippen LogP contribution is -2.40. The number of anilines is 1. The first kappa shape index (κ1) is 14.7. The molecule has 0 fully saturated rings. The number of benzene rings is 1. The van der Waals surface area contributed by atoms with E-state index in [1.54, 1.807) is 10.9 Å². The number of pyridine rings is 1. The van der Waals surface area contributed by atoms with E-state index in [4.69, 9.17) is 10.5 Å². The fourth-order valence-corrected chi connectivity index (χ4v) is 2.89. The van der Waals surface area contributed by atoms with E-state index in [-0.39, 0.29) is 12.1 Å². The minimum Gasteiger partial charge on any atom is -0.469 e. The van der Waals surface area contributed by atoms with Crippen LogP contribution in [0.15, 0.2) is 55.0 Å². The first-order valence-corrected chi connectivity index (χ1v) is 7.91. The maximum atomic E-state index is 6.35. The summed E-state index contributed by atoms with van der Waals surface area (Å²) in [6.07, 6.45) is 5.42. The Labute approximate surface area is 140 Å². The summed E-state index contributed by atoms with van der Waals surface area (Å²) >= 11 is 0. The zero-order valence-electron chi connectivity index (χ0n) is 13.4. The van der Waals surface area contributed by atoms with Crippen molar-refractivity contribution >= 4 is 5.69 Å². The Morgan fingerprint density at radius 2 is 2.08 bits per heavy atom. The highest BCUT2D eigenvalue weighted by Gasteiger charge is 2.27. The van der Waals surface area contributed by atoms with Gasteiger partial charge in [-0.25, -0.2) is 4.98 Å². The molecule has 0 saturated heterocycles. The van der Waals surface area contributed by atoms with Crippen LogP contribution >= 0.6 is 0 Å². The lowest BCUT2D eigenvalue weighted by molar-refractivity contribution is 0.168. The maximum Gasteiger partial charge on any atom is 0.237 e. The average molecular weight is 321 g/mol. The van der Waals surface area contributed by atoms with Crippen LogP contribution in [-0.4, -0.2) is 27.4 Å². The number of fused-ring (bicyclic) bond motifs is 1. The number of aryl methyl sites for hydroxylation is 1. The molecule has 2 atom stereocenters. The van der Waals surface area contributed by atoms with Gasteiger partial charge >= 0.3 is 0 Å². The van der Waals surface area contributed by atoms with Gasteiger partial charge in [-0.05, 0) is 11.6 Å². The van der Waals surface area contributed by atoms with Gasteiger partial charge in [0, 0.05) is 30.6 Å². The quantitative estimate of drug-likeness (QED) is 0.774. The number of hydrogen-bond acceptors (Lipinski definition) is 5. The monoisotopic (exact) mass is 321 g/mol. The van der Waals surface area contributed by atoms with Crippen LogP contribution in [0.4, 0.5) is 5.69 Å². The van der Waals surface area contributed by atoms with E-state index >= 15 is 0 Å². The molecule has 1 aromatic carbocycles. The summed E-state index contributed by atoms with van der Waals surface area (Å²) in [5.41, 5.74) is 10.3. The molecule has 1 unspecified atom stereocenters. The van der Waals surface area contributed by atoms with Crippen molar-refractivity contribution in [2.24, 2.45) is 12.8 Å². The fraction of sp³-hybridized carbons (Fsp3) is 0.222. The first-order valence-electron chi connectivity index (χ1n) is 7.91. The largest absolute Gasteiger partial charge is 0.469 e. The van der Waals surface area contributed by atoms with Gasteiger partial charge in [-0.3, -0.25) is 4.68 Å². The third-order valence-corrected chi connectivity index (χ3v) is 4.23. The van der Waals surface area contributed by atoms with Crippen LogP contribution in [-0.2, 0) is 7.05 Å². The zero-order valence-corrected chi connectivity index (χ0v) is 13.4. The van der Waals surface area contributed by atoms with E-state index in [1.807, 2.05) is 55.8 Å². The predicted octanol–water partition coefficient (Wildman–Crippen LogP) is 2.35. The van der Waals surface area contributed by atoms with Gasteiger partial charge in [0.25, 0.3) is 0 Å². The number of nitrogens with zero attached hydrogens (tertiary/aromatic N) is 3. The molecule has 1 aliphatic rings. The molecular weight excluding hydrogens is 302 g/mol. The van der Waals surface area contributed by atoms with Crippen LogP contribution in [0.3, 0.4) is 0 Å². The Bertz CT molecular complexity index is 846. The zero-order chi connectivity index (χ0) is 16.5. The normalized spacial score (nSPS) is 17.5. The third-order valence-electron chi connectivity index (χ3n) is 4.23. The molecule has 0 aliphatic carbocycles. The van der Waals surface area contributed by atoms with Gasteiger partial charge in [-0.1, -0.05) is 30.3 Å². The summed E-state index contributed by atoms with van der Waals surface area (Å²) in [6, 6.07) is 11.8. The van der Waals surface area contributed by atoms with Crippen molar-refractivity contribution in [2.75, 3.05) is 11.9 Å². The Balaban J connectivity index is 1.56. The molecular formula is C18H19N5O. The van der Waals surface area contributed by atoms with Crippen molar-refractivity contribution in [3.63, 3.8) is 0 Å². The molecule has 3 heterocycles. The molecule has 0 bridgehead atoms. The lowest BCUT2D eigenvalue weighted by Gasteiger charge is -2.30. The van der Waals surface area contributed by atoms with Crippen LogP contribution < -0.4 is 15.8 Å². The van der Waals surface area contributed by atoms with E-state index < -0.39 is 0 Å². The Hall–Kier alpha value is -2.86. The van der Waals surface area contributed by atoms with E-state index in [2.05, 4.69) is 15.4 Å². The van der Waals surface area contributed by atoms with Gasteiger partial charge in [0.15, 0.2) is 0 Å². The van der Waals surface area contributed by atoms with Gasteiger partial charge in [0.05, 0.1) is 24.5 Å². The number of ether oxygens (including phenoxy) is 1. The minimum absolute atomic E-state index is 0.156. The second-order valence-electron chi connectivity index (χ2n) is 5.95. The Kier molecular flexibility index (Phi) is 3.66. The fourth-order valence-electron chi connectivity index (χ4n) is 2.89. The second kappa shape index (κ2) is 5.98. The molecule has 2 aromatic heterocycles. The summed E-state index contributed by atoms with van der Waals surface area (Å²) in [7, 11) is 1.90. The number of aromatic nitrogens is 3. The topological polar surface area (TPSA) is 78.0 Å². The van der Waals surface area contributed by atoms with E-state index in [9.17, 15) is 0 Å². The highest BCUT2D eigenvalue weighted by Crippen LogP contribution is 2.33. The van der Waals surface area contributed by atoms with Crippen molar-refractivity contribution in [1.29, 1.82) is 0 Å². The van der Waals surface area contributed by atoms with E-state index in [0.29, 0.717) is 12.4 Å². The lowest BCUT2D eigenvalue weighted by atomic mass is 10.0. The summed E-state index contributed by atoms with van der Waals surface area (Å²) in [6.45, 7) is 0.640. The summed E-state index contributed by atoms with van der Waals surface area (Å²) in [5, 5.41) is 7.58. The SMILES string of the molecule is Cn1cc(-c2cnc3c(c2)NC[C@H](C(N)c2ccccc2)O3)cn1. The van der Waals surface area contributed by atoms with Gasteiger partial charge in [0.1, 0.15) is 6.10 Å². The van der Waals surface area contributed by atoms with Crippen molar-refractivity contribution < 1.29 is 4.74 Å². The highest BCUT2D eigenvalue weighted by molar-refractivity contribution is 5.69. The number of rotatable bonds is 3. The highest BCUT2D eigenvalue weighted by atomic mass is 16.5. The van der Waals surface area contributed by atoms with Crippen LogP contribution in [0.1, 0.15) is 11.6 Å². The van der Waals surface area contributed by atoms with Gasteiger partial charge < -0.3 is 15.8 Å². The molecule has 0 radical (unpaired) electrons. The van der Waals surface area contributed by atoms with Crippen molar-refractivity contribution in [3.05, 3.63) is 60.6 Å². The average Bonchev–Trinajstić information content (AvgIpc) is 3.07. The van der Waals surface area contributed by atoms with Crippen LogP contribution in [0, 0.1) is 0 Å². The standard InChI is InChI=1S/C18H19N5O/c1-23-11-14(9-22-23)13-7-15-18(21-8-13)24-16(10-20-15)17(19)12-5-3-2-4-6-12/h2-9,11,16-17,20H,10,19H2,1H3/t16-,17?/m1/s1. The maximum absolute atomic E-state index is 6.35. The molecule has 3 N–H and O–H groups in total. The van der Waals surface area contributed by atoms with Crippen molar-refractivity contribution in [3.8, 4) is 17.0 Å². The Morgan fingerprint density at radius 1 is 1.25 bits per heavy atom. The van der Waals surface area contributed by atoms with Crippen molar-refractivity contribution in [1.82, 2.24) is 14.8 Å². The van der Waals surface area contributed by atoms with Crippen LogP contribution in [0.25, 0.3) is 11.1 Å². The molecule has 3 aromatic rings. The van der Waals surface area contributed by atoms with E-state index in [0.717, 1.165) is 22.4 Å². The molecule has 0 amide bonds. The number of nitrogens with one attached hydrogen (secondary N) is 1. The molecule has 122 valence electrons. The van der Waals surface area contributed by atoms with Crippen LogP contribution in [0.2, 0.25) is 0 Å². The molecule has 0 saturated carbocycles. The number of nitrogens with two attached hydrogens (primary N) is 1. The Morgan fingerprint density at radius 3 is 2.83 bits per heavy atom. The molecule has 24 heavy (non-hydrogen) atoms. The smallest absolute Gasteiger partial charge is 0.237 e. The first-order chi connectivity index (χ1) is 11.7. The summed E-state index contributed by atoms with van der Waals surface area (Å²) in [5.74, 6) is 0.588. The van der Waals surface area contributed by atoms with Crippen LogP contribution in [0.5, 0.6) is 5.88 Å². The van der Waals surface area contributed by atoms with Gasteiger partial charge in [-0.15, -0.1) is 0 Å². The molecule has 6 heteroatoms. The number of hydrogen-bond donors (Lipinski definition) is 2. The summed E-state index contributed by atoms with van der Waals surface area (Å²) < 4.78 is 7.80. The third kappa shape index (κ3) is 2.72. The molecule has 1 aliphatic heterocycles. The van der Waals surface area contributed by atoms with Gasteiger partial charge in [0.2, 0.25) is 5.88 Å². The molecule has 4 rings (SSSR count). The van der Waals surface area contributed by atoms with Gasteiger partial charge in [-0.2, -0.15) is 5.10 Å².